The molecule has 1 amide bonds. The molecule has 1 N–H and O–H groups in total. The molecule has 1 saturated heterocycles. The lowest BCUT2D eigenvalue weighted by molar-refractivity contribution is -0.384. The minimum Gasteiger partial charge on any atom is -0.336 e. The van der Waals surface area contributed by atoms with E-state index in [1.54, 1.807) is 12.1 Å². The Labute approximate surface area is 152 Å². The molecule has 0 radical (unpaired) electrons. The molecule has 1 heterocycles. The molecular formula is C16H24ClN3O3S. The fourth-order valence-corrected chi connectivity index (χ4v) is 3.51. The van der Waals surface area contributed by atoms with Gasteiger partial charge < -0.3 is 10.2 Å². The van der Waals surface area contributed by atoms with Crippen molar-refractivity contribution in [1.29, 1.82) is 0 Å². The third kappa shape index (κ3) is 5.96. The number of nitro benzene ring substituents is 1. The minimum absolute atomic E-state index is 0. The number of nitrogens with one attached hydrogen (secondary N) is 1. The van der Waals surface area contributed by atoms with Gasteiger partial charge in [0.1, 0.15) is 0 Å². The predicted octanol–water partition coefficient (Wildman–Crippen LogP) is 2.85. The highest BCUT2D eigenvalue weighted by molar-refractivity contribution is 7.99. The maximum atomic E-state index is 12.6. The Morgan fingerprint density at radius 2 is 2.08 bits per heavy atom. The lowest BCUT2D eigenvalue weighted by Crippen LogP contribution is -2.44. The van der Waals surface area contributed by atoms with E-state index in [4.69, 9.17) is 0 Å². The molecular weight excluding hydrogens is 350 g/mol. The zero-order chi connectivity index (χ0) is 16.8. The molecule has 1 atom stereocenters. The highest BCUT2D eigenvalue weighted by Crippen LogP contribution is 2.17. The molecule has 134 valence electrons. The Balaban J connectivity index is 0.00000288. The van der Waals surface area contributed by atoms with Gasteiger partial charge in [-0.2, -0.15) is 11.8 Å². The average Bonchev–Trinajstić information content (AvgIpc) is 2.53. The van der Waals surface area contributed by atoms with E-state index >= 15 is 0 Å². The smallest absolute Gasteiger partial charge is 0.269 e. The van der Waals surface area contributed by atoms with Crippen LogP contribution in [-0.2, 0) is 11.3 Å². The van der Waals surface area contributed by atoms with Crippen LogP contribution in [0.3, 0.4) is 0 Å². The number of hydrogen-bond acceptors (Lipinski definition) is 5. The van der Waals surface area contributed by atoms with Crippen LogP contribution in [-0.4, -0.2) is 45.9 Å². The second kappa shape index (κ2) is 9.86. The van der Waals surface area contributed by atoms with E-state index in [2.05, 4.69) is 5.32 Å². The third-order valence-electron chi connectivity index (χ3n) is 3.86. The predicted molar refractivity (Wildman–Crippen MR) is 99.8 cm³/mol. The van der Waals surface area contributed by atoms with E-state index in [0.717, 1.165) is 23.6 Å². The van der Waals surface area contributed by atoms with Crippen molar-refractivity contribution in [2.75, 3.05) is 18.1 Å². The Bertz CT molecular complexity index is 548. The maximum Gasteiger partial charge on any atom is 0.269 e. The monoisotopic (exact) mass is 373 g/mol. The molecule has 0 saturated carbocycles. The number of amides is 1. The SMILES string of the molecule is CC(C)N(Cc1ccc([N+](=O)[O-])cc1)C(=O)CC1CSCCN1.Cl. The van der Waals surface area contributed by atoms with Crippen molar-refractivity contribution in [3.8, 4) is 0 Å². The number of hydrogen-bond donors (Lipinski definition) is 1. The first kappa shape index (κ1) is 20.7. The van der Waals surface area contributed by atoms with Crippen LogP contribution in [0.5, 0.6) is 0 Å². The number of benzene rings is 1. The number of thioether (sulfide) groups is 1. The Kier molecular flexibility index (Phi) is 8.52. The molecule has 0 spiro atoms. The lowest BCUT2D eigenvalue weighted by Gasteiger charge is -2.30. The summed E-state index contributed by atoms with van der Waals surface area (Å²) in [6, 6.07) is 6.73. The topological polar surface area (TPSA) is 75.5 Å². The summed E-state index contributed by atoms with van der Waals surface area (Å²) in [6.45, 7) is 5.42. The molecule has 2 rings (SSSR count). The van der Waals surface area contributed by atoms with E-state index in [1.165, 1.54) is 12.1 Å². The van der Waals surface area contributed by atoms with Crippen molar-refractivity contribution in [3.63, 3.8) is 0 Å². The van der Waals surface area contributed by atoms with Crippen LogP contribution < -0.4 is 5.32 Å². The van der Waals surface area contributed by atoms with Gasteiger partial charge in [-0.05, 0) is 19.4 Å². The van der Waals surface area contributed by atoms with Crippen LogP contribution in [0.1, 0.15) is 25.8 Å². The van der Waals surface area contributed by atoms with Crippen LogP contribution in [0, 0.1) is 10.1 Å². The average molecular weight is 374 g/mol. The van der Waals surface area contributed by atoms with Crippen LogP contribution >= 0.6 is 24.2 Å². The van der Waals surface area contributed by atoms with Gasteiger partial charge in [-0.3, -0.25) is 14.9 Å². The van der Waals surface area contributed by atoms with Gasteiger partial charge >= 0.3 is 0 Å². The largest absolute Gasteiger partial charge is 0.336 e. The van der Waals surface area contributed by atoms with E-state index in [1.807, 2.05) is 30.5 Å². The minimum atomic E-state index is -0.415. The molecule has 1 aromatic carbocycles. The maximum absolute atomic E-state index is 12.6. The van der Waals surface area contributed by atoms with Crippen molar-refractivity contribution in [1.82, 2.24) is 10.2 Å². The van der Waals surface area contributed by atoms with Gasteiger partial charge in [0.05, 0.1) is 4.92 Å². The summed E-state index contributed by atoms with van der Waals surface area (Å²) < 4.78 is 0. The zero-order valence-electron chi connectivity index (χ0n) is 13.9. The zero-order valence-corrected chi connectivity index (χ0v) is 15.6. The first-order chi connectivity index (χ1) is 11.0. The number of rotatable bonds is 6. The van der Waals surface area contributed by atoms with E-state index in [9.17, 15) is 14.9 Å². The molecule has 6 nitrogen and oxygen atoms in total. The van der Waals surface area contributed by atoms with E-state index < -0.39 is 4.92 Å². The number of non-ortho nitro benzene ring substituents is 1. The van der Waals surface area contributed by atoms with Crippen LogP contribution in [0.25, 0.3) is 0 Å². The Hall–Kier alpha value is -1.31. The second-order valence-corrected chi connectivity index (χ2v) is 7.12. The first-order valence-corrected chi connectivity index (χ1v) is 8.96. The van der Waals surface area contributed by atoms with E-state index in [-0.39, 0.29) is 36.1 Å². The Morgan fingerprint density at radius 3 is 2.58 bits per heavy atom. The molecule has 0 aliphatic carbocycles. The van der Waals surface area contributed by atoms with Gasteiger partial charge in [-0.15, -0.1) is 12.4 Å². The number of nitrogens with zero attached hydrogens (tertiary/aromatic N) is 2. The lowest BCUT2D eigenvalue weighted by atomic mass is 10.1. The summed E-state index contributed by atoms with van der Waals surface area (Å²) in [5.41, 5.74) is 0.975. The molecule has 1 aliphatic rings. The number of halogens is 1. The van der Waals surface area contributed by atoms with Gasteiger partial charge in [0.2, 0.25) is 5.91 Å². The van der Waals surface area contributed by atoms with Gasteiger partial charge in [-0.25, -0.2) is 0 Å². The quantitative estimate of drug-likeness (QED) is 0.613. The third-order valence-corrected chi connectivity index (χ3v) is 4.99. The van der Waals surface area contributed by atoms with Gasteiger partial charge in [-0.1, -0.05) is 12.1 Å². The highest BCUT2D eigenvalue weighted by Gasteiger charge is 2.23. The standard InChI is InChI=1S/C16H23N3O3S.ClH/c1-12(2)18(16(20)9-14-11-23-8-7-17-14)10-13-3-5-15(6-4-13)19(21)22;/h3-6,12,14,17H,7-11H2,1-2H3;1H. The van der Waals surface area contributed by atoms with Crippen molar-refractivity contribution in [2.45, 2.75) is 38.9 Å². The van der Waals surface area contributed by atoms with Crippen molar-refractivity contribution < 1.29 is 9.72 Å². The van der Waals surface area contributed by atoms with Gasteiger partial charge in [0.25, 0.3) is 5.69 Å². The molecule has 24 heavy (non-hydrogen) atoms. The number of carbonyl (C=O) groups excluding carboxylic acids is 1. The van der Waals surface area contributed by atoms with E-state index in [0.29, 0.717) is 13.0 Å². The van der Waals surface area contributed by atoms with Gasteiger partial charge in [0, 0.05) is 55.2 Å². The van der Waals surface area contributed by atoms with Crippen LogP contribution in [0.4, 0.5) is 5.69 Å². The summed E-state index contributed by atoms with van der Waals surface area (Å²) in [5.74, 6) is 2.19. The summed E-state index contributed by atoms with van der Waals surface area (Å²) in [5, 5.41) is 14.1. The fraction of sp³-hybridized carbons (Fsp3) is 0.562. The van der Waals surface area contributed by atoms with Crippen molar-refractivity contribution in [2.24, 2.45) is 0 Å². The van der Waals surface area contributed by atoms with Crippen LogP contribution in [0.2, 0.25) is 0 Å². The summed E-state index contributed by atoms with van der Waals surface area (Å²) >= 11 is 1.88. The molecule has 0 aromatic heterocycles. The van der Waals surface area contributed by atoms with Gasteiger partial charge in [0.15, 0.2) is 0 Å². The molecule has 0 bridgehead atoms. The molecule has 1 unspecified atom stereocenters. The number of nitro groups is 1. The van der Waals surface area contributed by atoms with Crippen molar-refractivity contribution in [3.05, 3.63) is 39.9 Å². The molecule has 1 aliphatic heterocycles. The fourth-order valence-electron chi connectivity index (χ4n) is 2.56. The summed E-state index contributed by atoms with van der Waals surface area (Å²) in [6.07, 6.45) is 0.498. The second-order valence-electron chi connectivity index (χ2n) is 5.97. The molecule has 1 aromatic rings. The summed E-state index contributed by atoms with van der Waals surface area (Å²) in [7, 11) is 0. The van der Waals surface area contributed by atoms with Crippen molar-refractivity contribution >= 4 is 35.8 Å². The highest BCUT2D eigenvalue weighted by atomic mass is 35.5. The molecule has 8 heteroatoms. The first-order valence-electron chi connectivity index (χ1n) is 7.81. The number of carbonyl (C=O) groups is 1. The molecule has 1 fully saturated rings. The summed E-state index contributed by atoms with van der Waals surface area (Å²) in [4.78, 5) is 24.7. The Morgan fingerprint density at radius 1 is 1.42 bits per heavy atom. The van der Waals surface area contributed by atoms with Crippen LogP contribution in [0.15, 0.2) is 24.3 Å². The normalized spacial score (nSPS) is 17.2.